The molecule has 4 rings (SSSR count). The second-order valence-electron chi connectivity index (χ2n) is 4.31. The zero-order valence-corrected chi connectivity index (χ0v) is 9.05. The van der Waals surface area contributed by atoms with Gasteiger partial charge in [0.15, 0.2) is 6.20 Å². The topological polar surface area (TPSA) is 26.9 Å². The van der Waals surface area contributed by atoms with Crippen LogP contribution in [0.25, 0.3) is 33.2 Å². The maximum atomic E-state index is 11.9. The summed E-state index contributed by atoms with van der Waals surface area (Å²) < 4.78 is 0.962. The first-order valence-corrected chi connectivity index (χ1v) is 5.61. The molecule has 1 heterocycles. The van der Waals surface area contributed by atoms with Crippen LogP contribution in [0, 0.1) is 5.21 Å². The largest absolute Gasteiger partial charge is 0.618 e. The molecule has 2 heteroatoms. The second-order valence-corrected chi connectivity index (χ2v) is 4.31. The molecule has 0 amide bonds. The average Bonchev–Trinajstić information content (AvgIpc) is 2.69. The van der Waals surface area contributed by atoms with Crippen molar-refractivity contribution in [2.75, 3.05) is 0 Å². The minimum absolute atomic E-state index is 0.777. The van der Waals surface area contributed by atoms with Gasteiger partial charge < -0.3 is 5.21 Å². The fourth-order valence-electron chi connectivity index (χ4n) is 2.73. The Labute approximate surface area is 98.3 Å². The molecule has 80 valence electrons. The molecule has 0 saturated heterocycles. The fraction of sp³-hybridized carbons (Fsp3) is 0. The normalized spacial score (nSPS) is 11.8. The summed E-state index contributed by atoms with van der Waals surface area (Å²) in [6, 6.07) is 16.1. The van der Waals surface area contributed by atoms with E-state index in [-0.39, 0.29) is 0 Å². The highest BCUT2D eigenvalue weighted by Crippen LogP contribution is 2.44. The Bertz CT molecular complexity index is 757. The lowest BCUT2D eigenvalue weighted by Gasteiger charge is -2.02. The van der Waals surface area contributed by atoms with Gasteiger partial charge in [-0.2, -0.15) is 4.73 Å². The highest BCUT2D eigenvalue weighted by Gasteiger charge is 2.27. The minimum atomic E-state index is 0.777. The number of rotatable bonds is 0. The van der Waals surface area contributed by atoms with Gasteiger partial charge in [-0.15, -0.1) is 0 Å². The van der Waals surface area contributed by atoms with E-state index >= 15 is 0 Å². The van der Waals surface area contributed by atoms with Gasteiger partial charge in [0, 0.05) is 11.5 Å². The van der Waals surface area contributed by atoms with Crippen molar-refractivity contribution in [3.05, 3.63) is 59.9 Å². The predicted molar refractivity (Wildman–Crippen MR) is 67.3 cm³/mol. The maximum absolute atomic E-state index is 11.9. The van der Waals surface area contributed by atoms with Gasteiger partial charge in [-0.1, -0.05) is 30.3 Å². The molecule has 0 radical (unpaired) electrons. The first kappa shape index (κ1) is 8.76. The molecule has 0 fully saturated rings. The zero-order chi connectivity index (χ0) is 11.4. The van der Waals surface area contributed by atoms with Crippen LogP contribution in [0.3, 0.4) is 0 Å². The summed E-state index contributed by atoms with van der Waals surface area (Å²) in [5.41, 5.74) is 4.02. The number of aromatic nitrogens is 1. The number of pyridine rings is 1. The van der Waals surface area contributed by atoms with Crippen LogP contribution in [-0.2, 0) is 0 Å². The quantitative estimate of drug-likeness (QED) is 0.330. The van der Waals surface area contributed by atoms with E-state index in [1.807, 2.05) is 24.3 Å². The first-order chi connectivity index (χ1) is 8.36. The molecule has 0 aliphatic heterocycles. The van der Waals surface area contributed by atoms with Crippen molar-refractivity contribution in [1.29, 1.82) is 0 Å². The van der Waals surface area contributed by atoms with Crippen LogP contribution in [0.1, 0.15) is 0 Å². The molecular weight excluding hydrogens is 210 g/mol. The summed E-state index contributed by atoms with van der Waals surface area (Å²) in [6.07, 6.45) is 1.56. The van der Waals surface area contributed by atoms with Crippen LogP contribution in [0.15, 0.2) is 54.7 Å². The molecule has 0 saturated carbocycles. The predicted octanol–water partition coefficient (Wildman–Crippen LogP) is 3.12. The van der Waals surface area contributed by atoms with Crippen LogP contribution in [0.5, 0.6) is 0 Å². The van der Waals surface area contributed by atoms with Gasteiger partial charge in [0.2, 0.25) is 5.69 Å². The maximum Gasteiger partial charge on any atom is 0.232 e. The molecule has 0 spiro atoms. The highest BCUT2D eigenvalue weighted by molar-refractivity contribution is 6.13. The van der Waals surface area contributed by atoms with E-state index in [9.17, 15) is 5.21 Å². The van der Waals surface area contributed by atoms with Gasteiger partial charge in [-0.05, 0) is 23.1 Å². The Kier molecular flexibility index (Phi) is 1.47. The number of hydrogen-bond acceptors (Lipinski definition) is 1. The number of hydrogen-bond donors (Lipinski definition) is 0. The monoisotopic (exact) mass is 219 g/mol. The summed E-state index contributed by atoms with van der Waals surface area (Å²) in [5, 5.41) is 14.3. The molecule has 17 heavy (non-hydrogen) atoms. The van der Waals surface area contributed by atoms with Crippen LogP contribution >= 0.6 is 0 Å². The van der Waals surface area contributed by atoms with Gasteiger partial charge in [0.25, 0.3) is 0 Å². The van der Waals surface area contributed by atoms with Crippen LogP contribution in [0.2, 0.25) is 0 Å². The van der Waals surface area contributed by atoms with Crippen molar-refractivity contribution in [1.82, 2.24) is 0 Å². The molecule has 2 aromatic carbocycles. The standard InChI is InChI=1S/C15H9NO/c17-16-9-3-8-12-11-6-1-4-10-5-2-7-13(14(10)11)15(12)16/h1-9H. The Morgan fingerprint density at radius 2 is 1.47 bits per heavy atom. The van der Waals surface area contributed by atoms with Crippen molar-refractivity contribution in [2.24, 2.45) is 0 Å². The Morgan fingerprint density at radius 3 is 2.29 bits per heavy atom. The lowest BCUT2D eigenvalue weighted by molar-refractivity contribution is -0.593. The first-order valence-electron chi connectivity index (χ1n) is 5.61. The molecular formula is C15H9NO. The lowest BCUT2D eigenvalue weighted by atomic mass is 10.0. The molecule has 0 unspecified atom stereocenters. The minimum Gasteiger partial charge on any atom is -0.618 e. The SMILES string of the molecule is [O-][n+]1cccc2c1-c1cccc3cccc-2c13. The van der Waals surface area contributed by atoms with E-state index in [2.05, 4.69) is 18.2 Å². The third kappa shape index (κ3) is 0.972. The summed E-state index contributed by atoms with van der Waals surface area (Å²) in [5.74, 6) is 0. The average molecular weight is 219 g/mol. The van der Waals surface area contributed by atoms with Gasteiger partial charge >= 0.3 is 0 Å². The van der Waals surface area contributed by atoms with E-state index in [0.717, 1.165) is 21.6 Å². The molecule has 0 N–H and O–H groups in total. The van der Waals surface area contributed by atoms with Gasteiger partial charge in [-0.25, -0.2) is 0 Å². The Balaban J connectivity index is 2.31. The highest BCUT2D eigenvalue weighted by atomic mass is 16.5. The summed E-state index contributed by atoms with van der Waals surface area (Å²) in [4.78, 5) is 0. The van der Waals surface area contributed by atoms with Crippen LogP contribution in [-0.4, -0.2) is 0 Å². The van der Waals surface area contributed by atoms with E-state index in [0.29, 0.717) is 0 Å². The molecule has 0 bridgehead atoms. The molecule has 1 aliphatic rings. The van der Waals surface area contributed by atoms with E-state index in [1.165, 1.54) is 16.3 Å². The van der Waals surface area contributed by atoms with Crippen molar-refractivity contribution in [3.63, 3.8) is 0 Å². The third-order valence-corrected chi connectivity index (χ3v) is 3.41. The Morgan fingerprint density at radius 1 is 0.765 bits per heavy atom. The van der Waals surface area contributed by atoms with E-state index in [4.69, 9.17) is 0 Å². The number of fused-ring (bicyclic) bond motifs is 3. The van der Waals surface area contributed by atoms with Crippen molar-refractivity contribution in [3.8, 4) is 22.4 Å². The molecule has 1 aromatic heterocycles. The smallest absolute Gasteiger partial charge is 0.232 e. The van der Waals surface area contributed by atoms with Gasteiger partial charge in [0.05, 0.1) is 11.1 Å². The van der Waals surface area contributed by atoms with E-state index < -0.39 is 0 Å². The number of benzene rings is 2. The van der Waals surface area contributed by atoms with Crippen LogP contribution < -0.4 is 4.73 Å². The van der Waals surface area contributed by atoms with Crippen molar-refractivity contribution in [2.45, 2.75) is 0 Å². The summed E-state index contributed by atoms with van der Waals surface area (Å²) in [6.45, 7) is 0. The molecule has 1 aliphatic carbocycles. The Hall–Kier alpha value is -2.35. The van der Waals surface area contributed by atoms with Gasteiger partial charge in [0.1, 0.15) is 0 Å². The van der Waals surface area contributed by atoms with Crippen LogP contribution in [0.4, 0.5) is 0 Å². The fourth-order valence-corrected chi connectivity index (χ4v) is 2.73. The zero-order valence-electron chi connectivity index (χ0n) is 9.05. The van der Waals surface area contributed by atoms with E-state index in [1.54, 1.807) is 12.3 Å². The molecule has 3 aromatic rings. The van der Waals surface area contributed by atoms with Gasteiger partial charge in [-0.3, -0.25) is 0 Å². The molecule has 2 nitrogen and oxygen atoms in total. The third-order valence-electron chi connectivity index (χ3n) is 3.41. The lowest BCUT2D eigenvalue weighted by Crippen LogP contribution is -2.27. The van der Waals surface area contributed by atoms with Crippen molar-refractivity contribution >= 4 is 10.8 Å². The summed E-state index contributed by atoms with van der Waals surface area (Å²) in [7, 11) is 0. The second kappa shape index (κ2) is 2.86. The molecule has 0 atom stereocenters. The summed E-state index contributed by atoms with van der Waals surface area (Å²) >= 11 is 0. The number of nitrogens with zero attached hydrogens (tertiary/aromatic N) is 1. The van der Waals surface area contributed by atoms with Crippen molar-refractivity contribution < 1.29 is 4.73 Å².